The number of halogens is 3. The molecule has 188 valence electrons. The number of rotatable bonds is 5. The molecular weight excluding hydrogens is 453 g/mol. The van der Waals surface area contributed by atoms with Gasteiger partial charge in [0.05, 0.1) is 5.56 Å². The fourth-order valence-corrected chi connectivity index (χ4v) is 5.87. The van der Waals surface area contributed by atoms with Crippen LogP contribution in [0.5, 0.6) is 5.75 Å². The third-order valence-electron chi connectivity index (χ3n) is 7.87. The summed E-state index contributed by atoms with van der Waals surface area (Å²) in [7, 11) is 0. The van der Waals surface area contributed by atoms with Gasteiger partial charge in [-0.2, -0.15) is 13.2 Å². The van der Waals surface area contributed by atoms with Crippen molar-refractivity contribution in [2.45, 2.75) is 76.4 Å². The highest BCUT2D eigenvalue weighted by Crippen LogP contribution is 2.39. The van der Waals surface area contributed by atoms with E-state index in [1.165, 1.54) is 24.5 Å². The van der Waals surface area contributed by atoms with E-state index in [2.05, 4.69) is 24.0 Å². The van der Waals surface area contributed by atoms with Gasteiger partial charge in [0.25, 0.3) is 5.91 Å². The Hall–Kier alpha value is -2.54. The van der Waals surface area contributed by atoms with Crippen LogP contribution < -0.4 is 4.74 Å². The minimum Gasteiger partial charge on any atom is -0.490 e. The van der Waals surface area contributed by atoms with Crippen LogP contribution in [0.15, 0.2) is 48.5 Å². The summed E-state index contributed by atoms with van der Waals surface area (Å²) in [5, 5.41) is 0. The molecule has 3 heterocycles. The monoisotopic (exact) mass is 486 g/mol. The van der Waals surface area contributed by atoms with E-state index in [0.717, 1.165) is 50.5 Å². The van der Waals surface area contributed by atoms with E-state index >= 15 is 0 Å². The molecule has 1 amide bonds. The number of benzene rings is 2. The first-order chi connectivity index (χ1) is 16.8. The summed E-state index contributed by atoms with van der Waals surface area (Å²) in [4.78, 5) is 17.8. The summed E-state index contributed by atoms with van der Waals surface area (Å²) in [6.07, 6.45) is 1.01. The number of hydrogen-bond donors (Lipinski definition) is 0. The van der Waals surface area contributed by atoms with Crippen molar-refractivity contribution in [1.29, 1.82) is 0 Å². The maximum absolute atomic E-state index is 13.4. The van der Waals surface area contributed by atoms with Crippen molar-refractivity contribution < 1.29 is 22.7 Å². The lowest BCUT2D eigenvalue weighted by molar-refractivity contribution is -0.137. The molecule has 3 aliphatic rings. The van der Waals surface area contributed by atoms with Crippen LogP contribution in [0.25, 0.3) is 0 Å². The zero-order valence-corrected chi connectivity index (χ0v) is 20.1. The number of alkyl halides is 3. The van der Waals surface area contributed by atoms with Gasteiger partial charge in [-0.05, 0) is 80.6 Å². The summed E-state index contributed by atoms with van der Waals surface area (Å²) in [6, 6.07) is 13.2. The van der Waals surface area contributed by atoms with Crippen molar-refractivity contribution >= 4 is 5.91 Å². The van der Waals surface area contributed by atoms with Gasteiger partial charge in [0.15, 0.2) is 0 Å². The molecule has 5 rings (SSSR count). The van der Waals surface area contributed by atoms with Crippen LogP contribution in [0.2, 0.25) is 0 Å². The molecule has 35 heavy (non-hydrogen) atoms. The summed E-state index contributed by atoms with van der Waals surface area (Å²) < 4.78 is 45.1. The highest BCUT2D eigenvalue weighted by molar-refractivity contribution is 5.95. The first-order valence-electron chi connectivity index (χ1n) is 12.7. The normalized spacial score (nSPS) is 25.6. The number of piperidine rings is 2. The standard InChI is InChI=1S/C28H33F3N2O2/c1-19-11-13-32(14-12-19)18-20-5-7-21(8-6-20)27(34)33-23-9-10-24(33)17-26(16-23)35-25-4-2-3-22(15-25)28(29,30)31/h2-8,15,19,23-24,26H,9-14,16-18H2,1H3. The van der Waals surface area contributed by atoms with Gasteiger partial charge in [0.2, 0.25) is 0 Å². The second-order valence-corrected chi connectivity index (χ2v) is 10.5. The largest absolute Gasteiger partial charge is 0.490 e. The van der Waals surface area contributed by atoms with Gasteiger partial charge >= 0.3 is 6.18 Å². The number of carbonyl (C=O) groups is 1. The molecule has 0 spiro atoms. The van der Waals surface area contributed by atoms with E-state index in [9.17, 15) is 18.0 Å². The van der Waals surface area contributed by atoms with Gasteiger partial charge in [0.1, 0.15) is 11.9 Å². The average molecular weight is 487 g/mol. The van der Waals surface area contributed by atoms with Crippen molar-refractivity contribution in [2.24, 2.45) is 5.92 Å². The van der Waals surface area contributed by atoms with Crippen LogP contribution >= 0.6 is 0 Å². The average Bonchev–Trinajstić information content (AvgIpc) is 3.10. The molecule has 4 nitrogen and oxygen atoms in total. The number of nitrogens with zero attached hydrogens (tertiary/aromatic N) is 2. The number of amides is 1. The van der Waals surface area contributed by atoms with Crippen LogP contribution in [0, 0.1) is 5.92 Å². The smallest absolute Gasteiger partial charge is 0.416 e. The van der Waals surface area contributed by atoms with Crippen molar-refractivity contribution in [3.8, 4) is 5.75 Å². The third kappa shape index (κ3) is 5.50. The van der Waals surface area contributed by atoms with E-state index in [1.54, 1.807) is 6.07 Å². The number of hydrogen-bond acceptors (Lipinski definition) is 3. The molecule has 0 N–H and O–H groups in total. The van der Waals surface area contributed by atoms with E-state index in [4.69, 9.17) is 4.74 Å². The molecule has 3 aliphatic heterocycles. The van der Waals surface area contributed by atoms with Crippen LogP contribution in [0.3, 0.4) is 0 Å². The molecule has 2 aromatic carbocycles. The lowest BCUT2D eigenvalue weighted by Gasteiger charge is -2.39. The molecule has 3 saturated heterocycles. The topological polar surface area (TPSA) is 32.8 Å². The summed E-state index contributed by atoms with van der Waals surface area (Å²) in [5.41, 5.74) is 1.23. The van der Waals surface area contributed by atoms with Gasteiger partial charge in [-0.1, -0.05) is 25.1 Å². The number of fused-ring (bicyclic) bond motifs is 2. The molecule has 2 atom stereocenters. The number of carbonyl (C=O) groups excluding carboxylic acids is 1. The molecule has 0 aromatic heterocycles. The highest BCUT2D eigenvalue weighted by atomic mass is 19.4. The Morgan fingerprint density at radius 1 is 0.971 bits per heavy atom. The number of ether oxygens (including phenoxy) is 1. The predicted octanol–water partition coefficient (Wildman–Crippen LogP) is 6.15. The zero-order valence-electron chi connectivity index (χ0n) is 20.1. The summed E-state index contributed by atoms with van der Waals surface area (Å²) in [5.74, 6) is 1.09. The summed E-state index contributed by atoms with van der Waals surface area (Å²) >= 11 is 0. The Morgan fingerprint density at radius 2 is 1.63 bits per heavy atom. The second-order valence-electron chi connectivity index (χ2n) is 10.5. The van der Waals surface area contributed by atoms with E-state index in [0.29, 0.717) is 18.4 Å². The predicted molar refractivity (Wildman–Crippen MR) is 128 cm³/mol. The second kappa shape index (κ2) is 9.84. The van der Waals surface area contributed by atoms with Crippen LogP contribution in [-0.2, 0) is 12.7 Å². The zero-order chi connectivity index (χ0) is 24.6. The Balaban J connectivity index is 1.19. The Labute approximate surface area is 205 Å². The van der Waals surface area contributed by atoms with Crippen molar-refractivity contribution in [3.63, 3.8) is 0 Å². The minimum atomic E-state index is -4.39. The lowest BCUT2D eigenvalue weighted by Crippen LogP contribution is -2.49. The Morgan fingerprint density at radius 3 is 2.26 bits per heavy atom. The quantitative estimate of drug-likeness (QED) is 0.508. The fraction of sp³-hybridized carbons (Fsp3) is 0.536. The van der Waals surface area contributed by atoms with Gasteiger partial charge in [-0.15, -0.1) is 0 Å². The van der Waals surface area contributed by atoms with Gasteiger partial charge in [-0.3, -0.25) is 9.69 Å². The number of likely N-dealkylation sites (tertiary alicyclic amines) is 1. The maximum Gasteiger partial charge on any atom is 0.416 e. The molecule has 0 aliphatic carbocycles. The van der Waals surface area contributed by atoms with Gasteiger partial charge < -0.3 is 9.64 Å². The molecule has 2 bridgehead atoms. The lowest BCUT2D eigenvalue weighted by atomic mass is 9.97. The first kappa shape index (κ1) is 24.2. The SMILES string of the molecule is CC1CCN(Cc2ccc(C(=O)N3C4CCC3CC(Oc3cccc(C(F)(F)F)c3)C4)cc2)CC1. The first-order valence-corrected chi connectivity index (χ1v) is 12.7. The summed E-state index contributed by atoms with van der Waals surface area (Å²) in [6.45, 7) is 5.49. The van der Waals surface area contributed by atoms with Gasteiger partial charge in [0, 0.05) is 37.0 Å². The van der Waals surface area contributed by atoms with E-state index in [1.807, 2.05) is 17.0 Å². The molecule has 0 saturated carbocycles. The molecule has 2 aromatic rings. The van der Waals surface area contributed by atoms with Crippen LogP contribution in [0.1, 0.15) is 66.9 Å². The Bertz CT molecular complexity index is 1020. The molecule has 0 radical (unpaired) electrons. The van der Waals surface area contributed by atoms with Crippen molar-refractivity contribution in [2.75, 3.05) is 13.1 Å². The van der Waals surface area contributed by atoms with E-state index < -0.39 is 11.7 Å². The fourth-order valence-electron chi connectivity index (χ4n) is 5.87. The maximum atomic E-state index is 13.4. The molecule has 2 unspecified atom stereocenters. The van der Waals surface area contributed by atoms with Crippen LogP contribution in [-0.4, -0.2) is 47.0 Å². The highest BCUT2D eigenvalue weighted by Gasteiger charge is 2.44. The molecule has 3 fully saturated rings. The van der Waals surface area contributed by atoms with Gasteiger partial charge in [-0.25, -0.2) is 0 Å². The van der Waals surface area contributed by atoms with Crippen LogP contribution in [0.4, 0.5) is 13.2 Å². The molecule has 7 heteroatoms. The Kier molecular flexibility index (Phi) is 6.80. The van der Waals surface area contributed by atoms with E-state index in [-0.39, 0.29) is 29.8 Å². The molecular formula is C28H33F3N2O2. The van der Waals surface area contributed by atoms with Crippen molar-refractivity contribution in [3.05, 3.63) is 65.2 Å². The third-order valence-corrected chi connectivity index (χ3v) is 7.87. The van der Waals surface area contributed by atoms with Crippen molar-refractivity contribution in [1.82, 2.24) is 9.80 Å². The minimum absolute atomic E-state index is 0.0494.